The largest absolute Gasteiger partial charge is 0.444 e. The van der Waals surface area contributed by atoms with E-state index in [1.165, 1.54) is 16.9 Å². The molecule has 3 aromatic rings. The van der Waals surface area contributed by atoms with Crippen LogP contribution < -0.4 is 16.0 Å². The van der Waals surface area contributed by atoms with E-state index in [-0.39, 0.29) is 37.4 Å². The summed E-state index contributed by atoms with van der Waals surface area (Å²) in [5, 5.41) is 20.8. The molecule has 49 heavy (non-hydrogen) atoms. The lowest BCUT2D eigenvalue weighted by Gasteiger charge is -2.43. The molecule has 4 atom stereocenters. The number of benzene rings is 2. The summed E-state index contributed by atoms with van der Waals surface area (Å²) in [7, 11) is 0. The number of amides is 3. The Bertz CT molecular complexity index is 1450. The number of rotatable bonds is 15. The number of piperazine rings is 1. The number of ether oxygens (including phenoxy) is 1. The summed E-state index contributed by atoms with van der Waals surface area (Å²) in [4.78, 5) is 49.0. The van der Waals surface area contributed by atoms with Crippen molar-refractivity contribution in [3.8, 4) is 0 Å². The van der Waals surface area contributed by atoms with Crippen molar-refractivity contribution >= 4 is 29.2 Å². The van der Waals surface area contributed by atoms with Gasteiger partial charge in [0.15, 0.2) is 0 Å². The van der Waals surface area contributed by atoms with Crippen molar-refractivity contribution in [1.82, 2.24) is 30.7 Å². The number of nitrogens with one attached hydrogen (secondary N) is 3. The summed E-state index contributed by atoms with van der Waals surface area (Å²) in [6, 6.07) is 18.8. The molecule has 2 aromatic carbocycles. The predicted octanol–water partition coefficient (Wildman–Crippen LogP) is 3.83. The Labute approximate surface area is 294 Å². The Morgan fingerprint density at radius 2 is 1.69 bits per heavy atom. The second kappa shape index (κ2) is 18.2. The van der Waals surface area contributed by atoms with Crippen molar-refractivity contribution in [1.29, 1.82) is 0 Å². The Morgan fingerprint density at radius 1 is 1.02 bits per heavy atom. The van der Waals surface area contributed by atoms with E-state index in [4.69, 9.17) is 4.74 Å². The predicted molar refractivity (Wildman–Crippen MR) is 192 cm³/mol. The molecular formula is C37H52N6O5S. The molecule has 3 amide bonds. The third kappa shape index (κ3) is 12.5. The molecule has 4 rings (SSSR count). The van der Waals surface area contributed by atoms with Crippen molar-refractivity contribution in [2.45, 2.75) is 77.9 Å². The lowest BCUT2D eigenvalue weighted by Crippen LogP contribution is -2.63. The van der Waals surface area contributed by atoms with Crippen molar-refractivity contribution < 1.29 is 24.2 Å². The summed E-state index contributed by atoms with van der Waals surface area (Å²) in [6.07, 6.45) is 0.457. The van der Waals surface area contributed by atoms with Gasteiger partial charge in [0.2, 0.25) is 11.8 Å². The molecule has 1 fully saturated rings. The smallest absolute Gasteiger partial charge is 0.407 e. The minimum absolute atomic E-state index is 0.0810. The van der Waals surface area contributed by atoms with Crippen molar-refractivity contribution in [2.75, 3.05) is 32.7 Å². The molecule has 266 valence electrons. The third-order valence-corrected chi connectivity index (χ3v) is 9.33. The number of alkyl carbamates (subject to hydrolysis) is 1. The fraction of sp³-hybridized carbons (Fsp3) is 0.514. The van der Waals surface area contributed by atoms with Gasteiger partial charge >= 0.3 is 6.09 Å². The molecule has 0 aliphatic carbocycles. The average Bonchev–Trinajstić information content (AvgIpc) is 3.58. The van der Waals surface area contributed by atoms with E-state index in [2.05, 4.69) is 38.0 Å². The second-order valence-corrected chi connectivity index (χ2v) is 15.1. The van der Waals surface area contributed by atoms with Gasteiger partial charge in [-0.1, -0.05) is 74.5 Å². The lowest BCUT2D eigenvalue weighted by molar-refractivity contribution is -0.132. The van der Waals surface area contributed by atoms with Crippen LogP contribution >= 0.6 is 11.3 Å². The fourth-order valence-electron chi connectivity index (χ4n) is 5.92. The summed E-state index contributed by atoms with van der Waals surface area (Å²) >= 11 is 1.39. The van der Waals surface area contributed by atoms with Crippen LogP contribution in [0.1, 0.15) is 50.6 Å². The van der Waals surface area contributed by atoms with Gasteiger partial charge in [0, 0.05) is 51.0 Å². The van der Waals surface area contributed by atoms with Crippen LogP contribution in [-0.4, -0.2) is 94.2 Å². The molecule has 1 aliphatic heterocycles. The normalized spacial score (nSPS) is 17.6. The summed E-state index contributed by atoms with van der Waals surface area (Å²) in [5.74, 6) is -1.02. The maximum absolute atomic E-state index is 13.8. The molecule has 0 unspecified atom stereocenters. The van der Waals surface area contributed by atoms with Gasteiger partial charge in [0.25, 0.3) is 0 Å². The Balaban J connectivity index is 1.45. The number of carbonyl (C=O) groups is 3. The summed E-state index contributed by atoms with van der Waals surface area (Å²) in [5.41, 5.74) is 3.40. The van der Waals surface area contributed by atoms with E-state index < -0.39 is 35.7 Å². The van der Waals surface area contributed by atoms with Gasteiger partial charge in [0.05, 0.1) is 28.5 Å². The Hall–Kier alpha value is -3.84. The summed E-state index contributed by atoms with van der Waals surface area (Å²) < 4.78 is 5.29. The number of hydrogen-bond donors (Lipinski definition) is 4. The van der Waals surface area contributed by atoms with Crippen LogP contribution in [0.2, 0.25) is 0 Å². The molecule has 1 aromatic heterocycles. The maximum atomic E-state index is 13.8. The molecule has 2 heterocycles. The number of thiazole rings is 1. The van der Waals surface area contributed by atoms with Crippen LogP contribution in [0.15, 0.2) is 72.4 Å². The lowest BCUT2D eigenvalue weighted by atomic mass is 9.93. The molecule has 1 aliphatic rings. The van der Waals surface area contributed by atoms with E-state index in [0.29, 0.717) is 19.5 Å². The van der Waals surface area contributed by atoms with Crippen molar-refractivity contribution in [2.24, 2.45) is 11.8 Å². The minimum atomic E-state index is -0.972. The quantitative estimate of drug-likeness (QED) is 0.189. The van der Waals surface area contributed by atoms with Crippen LogP contribution in [0.4, 0.5) is 4.79 Å². The van der Waals surface area contributed by atoms with E-state index in [1.54, 1.807) is 11.7 Å². The molecule has 0 saturated carbocycles. The first-order valence-corrected chi connectivity index (χ1v) is 17.9. The van der Waals surface area contributed by atoms with Crippen molar-refractivity contribution in [3.05, 3.63) is 88.4 Å². The molecule has 0 bridgehead atoms. The highest BCUT2D eigenvalue weighted by Crippen LogP contribution is 2.19. The monoisotopic (exact) mass is 692 g/mol. The third-order valence-electron chi connectivity index (χ3n) is 8.57. The highest BCUT2D eigenvalue weighted by atomic mass is 32.1. The average molecular weight is 693 g/mol. The number of aliphatic hydroxyl groups is 1. The molecule has 4 N–H and O–H groups in total. The molecular weight excluding hydrogens is 641 g/mol. The molecule has 0 radical (unpaired) electrons. The zero-order valence-electron chi connectivity index (χ0n) is 29.3. The van der Waals surface area contributed by atoms with E-state index in [0.717, 1.165) is 23.5 Å². The number of β-amino-alcohol motifs (C(OH)–C–C–N with tert-alkyl or cyclic N) is 1. The van der Waals surface area contributed by atoms with E-state index in [1.807, 2.05) is 88.0 Å². The van der Waals surface area contributed by atoms with Crippen LogP contribution in [-0.2, 0) is 33.9 Å². The number of hydrogen-bond acceptors (Lipinski definition) is 9. The van der Waals surface area contributed by atoms with Gasteiger partial charge in [-0.3, -0.25) is 24.4 Å². The zero-order chi connectivity index (χ0) is 35.4. The van der Waals surface area contributed by atoms with Gasteiger partial charge in [0.1, 0.15) is 12.6 Å². The van der Waals surface area contributed by atoms with Crippen LogP contribution in [0, 0.1) is 11.8 Å². The topological polar surface area (TPSA) is 136 Å². The van der Waals surface area contributed by atoms with Crippen LogP contribution in [0.25, 0.3) is 0 Å². The fourth-order valence-corrected chi connectivity index (χ4v) is 6.42. The van der Waals surface area contributed by atoms with Gasteiger partial charge in [-0.15, -0.1) is 11.3 Å². The first-order chi connectivity index (χ1) is 23.4. The standard InChI is InChI=1S/C37H52N6O5S/c1-26(2)30(20-39-36(47)48-24-29-19-38-25-49-29)34(45)40-31(18-27-12-8-6-9-13-27)33(44)23-43-17-16-42(21-28-14-10-7-11-15-28)22-32(43)35(46)41-37(3,4)5/h6-15,19,25-26,30-33,44H,16-18,20-24H2,1-5H3,(H,39,47)(H,40,45)(H,41,46)/t30-,31-,32-,33+/m1/s1. The molecule has 11 nitrogen and oxygen atoms in total. The number of aromatic nitrogens is 1. The number of nitrogens with zero attached hydrogens (tertiary/aromatic N) is 3. The molecule has 0 spiro atoms. The SMILES string of the molecule is CC(C)[C@@H](CNC(=O)OCc1cncs1)C(=O)N[C@H](Cc1ccccc1)[C@@H](O)CN1CCN(Cc2ccccc2)C[C@@H]1C(=O)NC(C)(C)C. The number of carbonyl (C=O) groups excluding carboxylic acids is 3. The minimum Gasteiger partial charge on any atom is -0.444 e. The Kier molecular flexibility index (Phi) is 14.1. The van der Waals surface area contributed by atoms with Gasteiger partial charge in [-0.05, 0) is 44.2 Å². The van der Waals surface area contributed by atoms with E-state index in [9.17, 15) is 19.5 Å². The van der Waals surface area contributed by atoms with Gasteiger partial charge in [-0.25, -0.2) is 4.79 Å². The highest BCUT2D eigenvalue weighted by Gasteiger charge is 2.37. The molecule has 1 saturated heterocycles. The van der Waals surface area contributed by atoms with Crippen LogP contribution in [0.5, 0.6) is 0 Å². The number of aliphatic hydroxyl groups excluding tert-OH is 1. The van der Waals surface area contributed by atoms with E-state index >= 15 is 0 Å². The van der Waals surface area contributed by atoms with Crippen molar-refractivity contribution in [3.63, 3.8) is 0 Å². The first-order valence-electron chi connectivity index (χ1n) is 17.0. The molecule has 12 heteroatoms. The van der Waals surface area contributed by atoms with Gasteiger partial charge in [-0.2, -0.15) is 0 Å². The van der Waals surface area contributed by atoms with Gasteiger partial charge < -0.3 is 25.8 Å². The summed E-state index contributed by atoms with van der Waals surface area (Å²) in [6.45, 7) is 12.7. The maximum Gasteiger partial charge on any atom is 0.407 e. The highest BCUT2D eigenvalue weighted by molar-refractivity contribution is 7.09. The Morgan fingerprint density at radius 3 is 2.31 bits per heavy atom. The zero-order valence-corrected chi connectivity index (χ0v) is 30.1. The first kappa shape index (κ1) is 38.0. The van der Waals surface area contributed by atoms with Crippen LogP contribution in [0.3, 0.4) is 0 Å². The second-order valence-electron chi connectivity index (χ2n) is 14.1.